The van der Waals surface area contributed by atoms with Gasteiger partial charge in [0.05, 0.1) is 19.7 Å². The Morgan fingerprint density at radius 3 is 2.02 bits per heavy atom. The maximum absolute atomic E-state index is 13.7. The third kappa shape index (κ3) is 18.4. The highest BCUT2D eigenvalue weighted by Gasteiger charge is 2.37. The monoisotopic (exact) mass is 873 g/mol. The zero-order valence-corrected chi connectivity index (χ0v) is 36.2. The molecule has 1 saturated heterocycles. The molecule has 5 atom stereocenters. The summed E-state index contributed by atoms with van der Waals surface area (Å²) in [5.74, 6) is -6.46. The van der Waals surface area contributed by atoms with E-state index in [4.69, 9.17) is 20.9 Å². The highest BCUT2D eigenvalue weighted by molar-refractivity contribution is 5.97. The highest BCUT2D eigenvalue weighted by atomic mass is 16.5. The lowest BCUT2D eigenvalue weighted by molar-refractivity contribution is -0.143. The number of alkyl carbamates (subject to hydrolysis) is 1. The van der Waals surface area contributed by atoms with Crippen molar-refractivity contribution >= 4 is 59.4 Å². The molecule has 1 aromatic carbocycles. The molecule has 22 heteroatoms. The van der Waals surface area contributed by atoms with E-state index in [1.54, 1.807) is 58.9 Å². The van der Waals surface area contributed by atoms with Gasteiger partial charge in [-0.2, -0.15) is 0 Å². The Balaban J connectivity index is 2.04. The number of amides is 8. The Kier molecular flexibility index (Phi) is 22.2. The molecule has 1 aliphatic heterocycles. The van der Waals surface area contributed by atoms with Crippen molar-refractivity contribution < 1.29 is 52.6 Å². The SMILES string of the molecule is CCOC(=O)CNC(=O)CNC(=O)[C@@H](NC(=O)[C@@H](NC(=O)[C@H](CCCN=C(N)N)NC(=O)CNC(=O)[C@@H]1CCCN1C(=O)[C@H](C)NC(=O)OCc1ccccc1)C(C)C)C(C)C. The van der Waals surface area contributed by atoms with Crippen LogP contribution in [0.5, 0.6) is 0 Å². The van der Waals surface area contributed by atoms with Gasteiger partial charge in [-0.25, -0.2) is 4.79 Å². The molecule has 1 heterocycles. The topological polar surface area (TPSA) is 324 Å². The van der Waals surface area contributed by atoms with E-state index in [0.29, 0.717) is 12.8 Å². The summed E-state index contributed by atoms with van der Waals surface area (Å²) >= 11 is 0. The Morgan fingerprint density at radius 2 is 1.39 bits per heavy atom. The predicted molar refractivity (Wildman–Crippen MR) is 225 cm³/mol. The van der Waals surface area contributed by atoms with Crippen molar-refractivity contribution in [3.63, 3.8) is 0 Å². The van der Waals surface area contributed by atoms with Crippen molar-refractivity contribution in [2.45, 2.75) is 104 Å². The first kappa shape index (κ1) is 51.7. The van der Waals surface area contributed by atoms with Crippen LogP contribution in [0.1, 0.15) is 72.8 Å². The summed E-state index contributed by atoms with van der Waals surface area (Å²) in [5.41, 5.74) is 11.6. The van der Waals surface area contributed by atoms with Crippen LogP contribution in [0.25, 0.3) is 0 Å². The molecule has 0 unspecified atom stereocenters. The lowest BCUT2D eigenvalue weighted by atomic mass is 9.99. The largest absolute Gasteiger partial charge is 0.465 e. The highest BCUT2D eigenvalue weighted by Crippen LogP contribution is 2.19. The minimum Gasteiger partial charge on any atom is -0.465 e. The maximum atomic E-state index is 13.7. The van der Waals surface area contributed by atoms with E-state index >= 15 is 0 Å². The minimum absolute atomic E-state index is 0.00239. The zero-order chi connectivity index (χ0) is 46.4. The molecule has 0 aromatic heterocycles. The van der Waals surface area contributed by atoms with E-state index < -0.39 is 109 Å². The number of carbonyl (C=O) groups is 9. The summed E-state index contributed by atoms with van der Waals surface area (Å²) < 4.78 is 9.95. The summed E-state index contributed by atoms with van der Waals surface area (Å²) in [7, 11) is 0. The molecular formula is C40H63N11O11. The summed E-state index contributed by atoms with van der Waals surface area (Å²) in [4.78, 5) is 121. The molecule has 0 bridgehead atoms. The molecule has 1 aliphatic rings. The van der Waals surface area contributed by atoms with Crippen molar-refractivity contribution in [2.75, 3.05) is 39.3 Å². The third-order valence-electron chi connectivity index (χ3n) is 9.43. The van der Waals surface area contributed by atoms with Crippen LogP contribution in [0.3, 0.4) is 0 Å². The van der Waals surface area contributed by atoms with E-state index in [9.17, 15) is 43.2 Å². The number of benzene rings is 1. The molecular weight excluding hydrogens is 811 g/mol. The summed E-state index contributed by atoms with van der Waals surface area (Å²) in [6.45, 7) is 8.82. The number of esters is 1. The van der Waals surface area contributed by atoms with Crippen LogP contribution in [0.2, 0.25) is 0 Å². The van der Waals surface area contributed by atoms with Gasteiger partial charge in [0.2, 0.25) is 41.4 Å². The molecule has 1 aromatic rings. The van der Waals surface area contributed by atoms with E-state index in [1.165, 1.54) is 11.8 Å². The normalized spacial score (nSPS) is 15.2. The van der Waals surface area contributed by atoms with E-state index in [1.807, 2.05) is 6.07 Å². The number of carbonyl (C=O) groups excluding carboxylic acids is 9. The Hall–Kier alpha value is -6.48. The Labute approximate surface area is 361 Å². The van der Waals surface area contributed by atoms with Crippen LogP contribution >= 0.6 is 0 Å². The number of nitrogens with one attached hydrogen (secondary N) is 7. The number of hydrogen-bond acceptors (Lipinski definition) is 12. The van der Waals surface area contributed by atoms with Crippen molar-refractivity contribution in [2.24, 2.45) is 28.3 Å². The first-order chi connectivity index (χ1) is 29.3. The zero-order valence-electron chi connectivity index (χ0n) is 36.2. The summed E-state index contributed by atoms with van der Waals surface area (Å²) in [5, 5.41) is 17.6. The molecule has 1 fully saturated rings. The predicted octanol–water partition coefficient (Wildman–Crippen LogP) is -1.98. The van der Waals surface area contributed by atoms with Gasteiger partial charge in [-0.05, 0) is 56.9 Å². The van der Waals surface area contributed by atoms with Crippen LogP contribution in [0.4, 0.5) is 4.79 Å². The second kappa shape index (κ2) is 26.7. The number of likely N-dealkylation sites (tertiary alicyclic amines) is 1. The van der Waals surface area contributed by atoms with Crippen molar-refractivity contribution in [1.82, 2.24) is 42.1 Å². The average Bonchev–Trinajstić information content (AvgIpc) is 3.72. The minimum atomic E-state index is -1.22. The first-order valence-electron chi connectivity index (χ1n) is 20.5. The summed E-state index contributed by atoms with van der Waals surface area (Å²) in [6.07, 6.45) is 0.259. The lowest BCUT2D eigenvalue weighted by Gasteiger charge is -2.28. The van der Waals surface area contributed by atoms with E-state index in [2.05, 4.69) is 42.2 Å². The fourth-order valence-corrected chi connectivity index (χ4v) is 6.15. The number of aliphatic imine (C=N–C) groups is 1. The second-order valence-corrected chi connectivity index (χ2v) is 15.2. The van der Waals surface area contributed by atoms with Crippen LogP contribution in [0.15, 0.2) is 35.3 Å². The molecule has 62 heavy (non-hydrogen) atoms. The maximum Gasteiger partial charge on any atom is 0.408 e. The van der Waals surface area contributed by atoms with Crippen molar-refractivity contribution in [1.29, 1.82) is 0 Å². The quantitative estimate of drug-likeness (QED) is 0.0236. The number of nitrogens with zero attached hydrogens (tertiary/aromatic N) is 2. The van der Waals surface area contributed by atoms with Gasteiger partial charge in [0.25, 0.3) is 0 Å². The van der Waals surface area contributed by atoms with E-state index in [0.717, 1.165) is 5.56 Å². The Morgan fingerprint density at radius 1 is 0.758 bits per heavy atom. The van der Waals surface area contributed by atoms with Crippen LogP contribution in [-0.4, -0.2) is 134 Å². The van der Waals surface area contributed by atoms with Gasteiger partial charge in [0.1, 0.15) is 43.4 Å². The Bertz CT molecular complexity index is 1740. The fraction of sp³-hybridized carbons (Fsp3) is 0.600. The van der Waals surface area contributed by atoms with Crippen LogP contribution in [0, 0.1) is 11.8 Å². The first-order valence-corrected chi connectivity index (χ1v) is 20.5. The lowest BCUT2D eigenvalue weighted by Crippen LogP contribution is -2.59. The molecule has 22 nitrogen and oxygen atoms in total. The number of rotatable bonds is 24. The third-order valence-corrected chi connectivity index (χ3v) is 9.43. The fourth-order valence-electron chi connectivity index (χ4n) is 6.15. The number of nitrogens with two attached hydrogens (primary N) is 2. The molecule has 11 N–H and O–H groups in total. The van der Waals surface area contributed by atoms with Gasteiger partial charge in [-0.1, -0.05) is 58.0 Å². The van der Waals surface area contributed by atoms with Gasteiger partial charge in [0, 0.05) is 13.1 Å². The molecule has 0 spiro atoms. The van der Waals surface area contributed by atoms with Crippen LogP contribution < -0.4 is 48.7 Å². The summed E-state index contributed by atoms with van der Waals surface area (Å²) in [6, 6.07) is 3.52. The van der Waals surface area contributed by atoms with Crippen LogP contribution in [-0.2, 0) is 54.4 Å². The molecule has 0 aliphatic carbocycles. The molecule has 8 amide bonds. The number of hydrogen-bond donors (Lipinski definition) is 9. The standard InChI is InChI=1S/C40H63N11O11/c1-7-61-31(54)21-44-29(52)19-46-36(57)32(23(2)3)50-37(58)33(24(4)5)49-34(55)27(15-11-17-43-39(41)42)48-30(53)20-45-35(56)28-16-12-18-51(28)38(59)25(6)47-40(60)62-22-26-13-9-8-10-14-26/h8-10,13-14,23-25,27-28,32-33H,7,11-12,15-22H2,1-6H3,(H,44,52)(H,45,56)(H,46,57)(H,47,60)(H,48,53)(H,49,55)(H,50,58)(H4,41,42,43)/t25-,27-,28-,32-,33-/m0/s1. The van der Waals surface area contributed by atoms with Gasteiger partial charge >= 0.3 is 12.1 Å². The van der Waals surface area contributed by atoms with Gasteiger partial charge in [0.15, 0.2) is 5.96 Å². The number of guanidine groups is 1. The average molecular weight is 874 g/mol. The smallest absolute Gasteiger partial charge is 0.408 e. The van der Waals surface area contributed by atoms with Crippen molar-refractivity contribution in [3.8, 4) is 0 Å². The molecule has 344 valence electrons. The van der Waals surface area contributed by atoms with Crippen molar-refractivity contribution in [3.05, 3.63) is 35.9 Å². The van der Waals surface area contributed by atoms with E-state index in [-0.39, 0.29) is 51.6 Å². The molecule has 0 radical (unpaired) electrons. The molecule has 0 saturated carbocycles. The van der Waals surface area contributed by atoms with Gasteiger partial charge < -0.3 is 63.1 Å². The second-order valence-electron chi connectivity index (χ2n) is 15.2. The van der Waals surface area contributed by atoms with Gasteiger partial charge in [-0.3, -0.25) is 43.3 Å². The number of ether oxygens (including phenoxy) is 2. The molecule has 2 rings (SSSR count). The van der Waals surface area contributed by atoms with Gasteiger partial charge in [-0.15, -0.1) is 0 Å².